The minimum Gasteiger partial charge on any atom is -0.464 e. The van der Waals surface area contributed by atoms with E-state index in [-0.39, 0.29) is 18.7 Å². The fourth-order valence-electron chi connectivity index (χ4n) is 3.09. The average Bonchev–Trinajstić information content (AvgIpc) is 3.23. The van der Waals surface area contributed by atoms with Gasteiger partial charge in [0.05, 0.1) is 26.2 Å². The molecule has 0 aromatic rings. The molecule has 2 aliphatic heterocycles. The number of hydrogen-bond donors (Lipinski definition) is 1. The van der Waals surface area contributed by atoms with E-state index in [2.05, 4.69) is 5.32 Å². The lowest BCUT2D eigenvalue weighted by Gasteiger charge is -2.27. The molecule has 6 nitrogen and oxygen atoms in total. The average molecular weight is 351 g/mol. The lowest BCUT2D eigenvalue weighted by atomic mass is 10.0. The first-order valence-electron chi connectivity index (χ1n) is 11.3. The maximum atomic E-state index is 12.3. The number of rotatable bonds is 11. The van der Waals surface area contributed by atoms with Gasteiger partial charge in [-0.25, -0.2) is 4.79 Å². The molecule has 0 aromatic carbocycles. The van der Waals surface area contributed by atoms with Gasteiger partial charge in [-0.15, -0.1) is 0 Å². The zero-order valence-electron chi connectivity index (χ0n) is 19.1. The Bertz CT molecular complexity index is 563. The van der Waals surface area contributed by atoms with Crippen molar-refractivity contribution in [3.8, 4) is 0 Å². The highest BCUT2D eigenvalue weighted by atomic mass is 16.7. The van der Waals surface area contributed by atoms with Crippen LogP contribution in [0.5, 0.6) is 0 Å². The fourth-order valence-corrected chi connectivity index (χ4v) is 3.09. The zero-order valence-corrected chi connectivity index (χ0v) is 14.1. The Labute approximate surface area is 151 Å². The van der Waals surface area contributed by atoms with E-state index in [1.54, 1.807) is 0 Å². The Morgan fingerprint density at radius 3 is 2.58 bits per heavy atom. The molecule has 0 aliphatic carbocycles. The van der Waals surface area contributed by atoms with E-state index < -0.39 is 31.0 Å². The number of carbonyl (C=O) groups is 2. The van der Waals surface area contributed by atoms with E-state index in [4.69, 9.17) is 21.1 Å². The molecule has 2 rings (SSSR count). The van der Waals surface area contributed by atoms with Crippen LogP contribution < -0.4 is 5.32 Å². The van der Waals surface area contributed by atoms with Crippen LogP contribution in [0.4, 0.5) is 0 Å². The summed E-state index contributed by atoms with van der Waals surface area (Å²) in [5, 5.41) is 2.67. The molecule has 24 heavy (non-hydrogen) atoms. The molecule has 0 unspecified atom stereocenters. The van der Waals surface area contributed by atoms with E-state index in [1.165, 1.54) is 0 Å². The molecule has 6 heteroatoms. The normalized spacial score (nSPS) is 26.8. The molecule has 0 spiro atoms. The predicted octanol–water partition coefficient (Wildman–Crippen LogP) is 2.69. The van der Waals surface area contributed by atoms with Crippen molar-refractivity contribution in [3.63, 3.8) is 0 Å². The largest absolute Gasteiger partial charge is 0.464 e. The Hall–Kier alpha value is -1.14. The molecule has 1 atom stereocenters. The summed E-state index contributed by atoms with van der Waals surface area (Å²) in [6.07, 6.45) is 2.63. The Balaban J connectivity index is 1.66. The molecule has 2 aliphatic rings. The molecule has 0 radical (unpaired) electrons. The van der Waals surface area contributed by atoms with Gasteiger partial charge in [0.25, 0.3) is 0 Å². The number of cyclic esters (lactones) is 1. The Kier molecular flexibility index (Phi) is 5.46. The van der Waals surface area contributed by atoms with Gasteiger partial charge < -0.3 is 19.5 Å². The van der Waals surface area contributed by atoms with Gasteiger partial charge in [0, 0.05) is 19.7 Å². The predicted molar refractivity (Wildman–Crippen MR) is 89.4 cm³/mol. The summed E-state index contributed by atoms with van der Waals surface area (Å²) < 4.78 is 53.1. The Morgan fingerprint density at radius 2 is 1.92 bits per heavy atom. The van der Waals surface area contributed by atoms with Crippen LogP contribution in [0.15, 0.2) is 0 Å². The van der Waals surface area contributed by atoms with Crippen molar-refractivity contribution in [2.75, 3.05) is 19.8 Å². The van der Waals surface area contributed by atoms with Gasteiger partial charge in [-0.2, -0.15) is 0 Å². The van der Waals surface area contributed by atoms with Gasteiger partial charge in [-0.3, -0.25) is 4.79 Å². The molecule has 1 N–H and O–H groups in total. The molecule has 2 saturated heterocycles. The first-order chi connectivity index (χ1) is 13.5. The smallest absolute Gasteiger partial charge is 0.328 e. The highest BCUT2D eigenvalue weighted by Crippen LogP contribution is 2.30. The number of esters is 1. The molecule has 0 saturated carbocycles. The summed E-state index contributed by atoms with van der Waals surface area (Å²) >= 11 is 0. The first kappa shape index (κ1) is 13.1. The van der Waals surface area contributed by atoms with Crippen molar-refractivity contribution >= 4 is 11.9 Å². The molecule has 138 valence electrons. The van der Waals surface area contributed by atoms with Gasteiger partial charge >= 0.3 is 5.97 Å². The minimum absolute atomic E-state index is 0.0173. The number of amides is 1. The molecule has 2 heterocycles. The van der Waals surface area contributed by atoms with Gasteiger partial charge in [0.1, 0.15) is 6.04 Å². The molecule has 0 bridgehead atoms. The fraction of sp³-hybridized carbons (Fsp3) is 0.889. The van der Waals surface area contributed by atoms with E-state index in [0.717, 1.165) is 25.7 Å². The van der Waals surface area contributed by atoms with Crippen LogP contribution in [0, 0.1) is 0 Å². The quantitative estimate of drug-likeness (QED) is 0.458. The maximum Gasteiger partial charge on any atom is 0.328 e. The number of unbranched alkanes of at least 4 members (excludes halogenated alkanes) is 4. The van der Waals surface area contributed by atoms with E-state index in [9.17, 15) is 9.59 Å². The SMILES string of the molecule is [3H]C([3H])([3H])C([3H])([3H])CCCCCCCC1(CC(=O)N[C@H]2CCOC2=O)OCCO1. The summed E-state index contributed by atoms with van der Waals surface area (Å²) in [5.41, 5.74) is 0. The molecule has 1 amide bonds. The third-order valence-electron chi connectivity index (χ3n) is 4.37. The van der Waals surface area contributed by atoms with Crippen LogP contribution >= 0.6 is 0 Å². The maximum absolute atomic E-state index is 12.3. The zero-order chi connectivity index (χ0) is 21.5. The summed E-state index contributed by atoms with van der Waals surface area (Å²) in [6.45, 7) is -1.44. The summed E-state index contributed by atoms with van der Waals surface area (Å²) in [6, 6.07) is -0.600. The van der Waals surface area contributed by atoms with Crippen molar-refractivity contribution in [2.24, 2.45) is 0 Å². The lowest BCUT2D eigenvalue weighted by Crippen LogP contribution is -2.43. The molecular weight excluding hydrogens is 310 g/mol. The van der Waals surface area contributed by atoms with Gasteiger partial charge in [0.2, 0.25) is 5.91 Å². The monoisotopic (exact) mass is 351 g/mol. The van der Waals surface area contributed by atoms with Crippen LogP contribution in [0.25, 0.3) is 0 Å². The van der Waals surface area contributed by atoms with Gasteiger partial charge in [0.15, 0.2) is 5.79 Å². The van der Waals surface area contributed by atoms with Crippen LogP contribution in [-0.2, 0) is 23.8 Å². The van der Waals surface area contributed by atoms with Gasteiger partial charge in [-0.05, 0) is 6.42 Å². The molecule has 0 aromatic heterocycles. The van der Waals surface area contributed by atoms with Crippen LogP contribution in [0.2, 0.25) is 0 Å². The van der Waals surface area contributed by atoms with Crippen molar-refractivity contribution < 1.29 is 30.7 Å². The number of hydrogen-bond acceptors (Lipinski definition) is 5. The van der Waals surface area contributed by atoms with Crippen LogP contribution in [-0.4, -0.2) is 43.5 Å². The van der Waals surface area contributed by atoms with Gasteiger partial charge in [-0.1, -0.05) is 45.3 Å². The lowest BCUT2D eigenvalue weighted by molar-refractivity contribution is -0.175. The summed E-state index contributed by atoms with van der Waals surface area (Å²) in [5.74, 6) is -1.68. The highest BCUT2D eigenvalue weighted by molar-refractivity contribution is 5.85. The van der Waals surface area contributed by atoms with Crippen molar-refractivity contribution in [3.05, 3.63) is 0 Å². The summed E-state index contributed by atoms with van der Waals surface area (Å²) in [4.78, 5) is 23.8. The van der Waals surface area contributed by atoms with E-state index >= 15 is 0 Å². The molecular formula is C18H31NO5. The minimum atomic E-state index is -2.59. The number of ether oxygens (including phenoxy) is 3. The second-order valence-electron chi connectivity index (χ2n) is 6.31. The number of nitrogens with one attached hydrogen (secondary N) is 1. The van der Waals surface area contributed by atoms with Crippen LogP contribution in [0.3, 0.4) is 0 Å². The highest BCUT2D eigenvalue weighted by Gasteiger charge is 2.39. The van der Waals surface area contributed by atoms with Crippen molar-refractivity contribution in [1.29, 1.82) is 0 Å². The van der Waals surface area contributed by atoms with Crippen LogP contribution in [0.1, 0.15) is 77.9 Å². The molecule has 2 fully saturated rings. The van der Waals surface area contributed by atoms with E-state index in [0.29, 0.717) is 39.1 Å². The third kappa shape index (κ3) is 6.06. The first-order valence-corrected chi connectivity index (χ1v) is 8.79. The third-order valence-corrected chi connectivity index (χ3v) is 4.37. The topological polar surface area (TPSA) is 73.9 Å². The van der Waals surface area contributed by atoms with Crippen molar-refractivity contribution in [1.82, 2.24) is 5.32 Å². The second kappa shape index (κ2) is 9.99. The second-order valence-corrected chi connectivity index (χ2v) is 6.31. The van der Waals surface area contributed by atoms with E-state index in [1.807, 2.05) is 0 Å². The summed E-state index contributed by atoms with van der Waals surface area (Å²) in [7, 11) is 0. The number of carbonyl (C=O) groups excluding carboxylic acids is 2. The van der Waals surface area contributed by atoms with Crippen molar-refractivity contribution in [2.45, 2.75) is 82.8 Å². The Morgan fingerprint density at radius 1 is 1.21 bits per heavy atom. The standard InChI is InChI=1S/C18H31NO5/c1-2-3-4-5-6-7-8-10-18(23-12-13-24-18)14-16(20)19-15-9-11-22-17(15)21/h15H,2-14H2,1H3,(H,19,20)/t15-/m0/s1/i1T3,2T2.